The van der Waals surface area contributed by atoms with Crippen molar-refractivity contribution in [1.29, 1.82) is 0 Å². The van der Waals surface area contributed by atoms with Crippen molar-refractivity contribution in [2.75, 3.05) is 26.2 Å². The summed E-state index contributed by atoms with van der Waals surface area (Å²) in [6.07, 6.45) is -0.615. The zero-order chi connectivity index (χ0) is 17.7. The molecule has 5 N–H and O–H groups in total. The highest BCUT2D eigenvalue weighted by molar-refractivity contribution is 5.88. The minimum Gasteiger partial charge on any atom is -0.480 e. The molecule has 0 heterocycles. The number of nitrogens with one attached hydrogen (secondary N) is 1. The third-order valence-electron chi connectivity index (χ3n) is 2.18. The van der Waals surface area contributed by atoms with Gasteiger partial charge >= 0.3 is 17.9 Å². The molecule has 128 valence electrons. The molecule has 0 radical (unpaired) electrons. The van der Waals surface area contributed by atoms with Crippen molar-refractivity contribution in [3.8, 4) is 0 Å². The predicted molar refractivity (Wildman–Crippen MR) is 74.3 cm³/mol. The first-order chi connectivity index (χ1) is 10.3. The summed E-state index contributed by atoms with van der Waals surface area (Å²) in [4.78, 5) is 44.2. The minimum atomic E-state index is -1.41. The topological polar surface area (TPSA) is 164 Å². The van der Waals surface area contributed by atoms with Crippen molar-refractivity contribution in [1.82, 2.24) is 10.2 Å². The molecule has 0 aliphatic heterocycles. The first-order valence-corrected chi connectivity index (χ1v) is 6.56. The number of hydrogen-bond acceptors (Lipinski definition) is 6. The molecule has 22 heavy (non-hydrogen) atoms. The summed E-state index contributed by atoms with van der Waals surface area (Å²) in [7, 11) is 0. The van der Waals surface area contributed by atoms with Gasteiger partial charge in [0.25, 0.3) is 0 Å². The Morgan fingerprint density at radius 1 is 1.00 bits per heavy atom. The number of aliphatic hydroxyl groups excluding tert-OH is 1. The summed E-state index contributed by atoms with van der Waals surface area (Å²) in [6.45, 7) is 1.92. The van der Waals surface area contributed by atoms with Crippen LogP contribution in [0.3, 0.4) is 0 Å². The number of aliphatic carboxylic acids is 3. The lowest BCUT2D eigenvalue weighted by Crippen LogP contribution is -2.46. The van der Waals surface area contributed by atoms with Crippen LogP contribution in [-0.2, 0) is 19.2 Å². The number of hydrogen-bond donors (Lipinski definition) is 5. The molecule has 1 atom stereocenters. The van der Waals surface area contributed by atoms with Crippen molar-refractivity contribution in [2.45, 2.75) is 26.3 Å². The average Bonchev–Trinajstić information content (AvgIpc) is 2.43. The maximum Gasteiger partial charge on any atom is 0.323 e. The van der Waals surface area contributed by atoms with E-state index in [9.17, 15) is 19.2 Å². The van der Waals surface area contributed by atoms with Crippen LogP contribution in [0.2, 0.25) is 0 Å². The molecule has 10 heteroatoms. The molecule has 0 fully saturated rings. The van der Waals surface area contributed by atoms with Gasteiger partial charge in [-0.15, -0.1) is 0 Å². The molecular formula is C12H22N2O8. The van der Waals surface area contributed by atoms with Gasteiger partial charge in [0.05, 0.1) is 13.0 Å². The highest BCUT2D eigenvalue weighted by atomic mass is 16.4. The number of carboxylic acid groups (broad SMARTS) is 3. The summed E-state index contributed by atoms with van der Waals surface area (Å²) < 4.78 is 0. The Bertz CT molecular complexity index is 369. The Kier molecular flexibility index (Phi) is 12.6. The van der Waals surface area contributed by atoms with Crippen molar-refractivity contribution >= 4 is 23.8 Å². The van der Waals surface area contributed by atoms with E-state index in [1.807, 2.05) is 13.8 Å². The zero-order valence-corrected chi connectivity index (χ0v) is 12.5. The summed E-state index contributed by atoms with van der Waals surface area (Å²) in [5.74, 6) is -5.10. The smallest absolute Gasteiger partial charge is 0.323 e. The average molecular weight is 322 g/mol. The fourth-order valence-electron chi connectivity index (χ4n) is 1.35. The van der Waals surface area contributed by atoms with Crippen LogP contribution in [0.1, 0.15) is 20.3 Å². The van der Waals surface area contributed by atoms with Crippen LogP contribution >= 0.6 is 0 Å². The largest absolute Gasteiger partial charge is 0.480 e. The number of aliphatic hydroxyl groups is 1. The summed E-state index contributed by atoms with van der Waals surface area (Å²) in [5.41, 5.74) is 0. The van der Waals surface area contributed by atoms with E-state index in [-0.39, 0.29) is 13.2 Å². The molecule has 0 aliphatic carbocycles. The molecule has 0 aromatic heterocycles. The normalized spacial score (nSPS) is 10.9. The Hall–Kier alpha value is -2.20. The standard InChI is InChI=1S/C10H16N2O8.C2H6/c13-2-1-11-6(10(19)20)3-7(14)12(4-8(15)16)5-9(17)18;1-2/h6,11,13H,1-5H2,(H,15,16)(H,17,18)(H,19,20);1-2H3. The number of nitrogens with zero attached hydrogens (tertiary/aromatic N) is 1. The van der Waals surface area contributed by atoms with Crippen molar-refractivity contribution in [2.24, 2.45) is 0 Å². The molecule has 0 rings (SSSR count). The lowest BCUT2D eigenvalue weighted by molar-refractivity contribution is -0.150. The zero-order valence-electron chi connectivity index (χ0n) is 12.5. The number of amides is 1. The van der Waals surface area contributed by atoms with E-state index in [1.165, 1.54) is 0 Å². The van der Waals surface area contributed by atoms with Gasteiger partial charge < -0.3 is 30.6 Å². The molecule has 10 nitrogen and oxygen atoms in total. The number of carbonyl (C=O) groups is 4. The van der Waals surface area contributed by atoms with Crippen LogP contribution in [0.5, 0.6) is 0 Å². The Labute approximate surface area is 127 Å². The van der Waals surface area contributed by atoms with Gasteiger partial charge in [0.1, 0.15) is 19.1 Å². The molecule has 1 unspecified atom stereocenters. The molecular weight excluding hydrogens is 300 g/mol. The van der Waals surface area contributed by atoms with Crippen LogP contribution < -0.4 is 5.32 Å². The molecule has 0 bridgehead atoms. The second-order valence-electron chi connectivity index (χ2n) is 3.81. The van der Waals surface area contributed by atoms with Crippen LogP contribution in [0.15, 0.2) is 0 Å². The SMILES string of the molecule is CC.O=C(O)CN(CC(=O)O)C(=O)CC(NCCO)C(=O)O. The summed E-state index contributed by atoms with van der Waals surface area (Å²) >= 11 is 0. The minimum absolute atomic E-state index is 0.0674. The van der Waals surface area contributed by atoms with E-state index >= 15 is 0 Å². The number of rotatable bonds is 10. The van der Waals surface area contributed by atoms with E-state index in [0.717, 1.165) is 0 Å². The van der Waals surface area contributed by atoms with Gasteiger partial charge in [0.2, 0.25) is 5.91 Å². The fraction of sp³-hybridized carbons (Fsp3) is 0.667. The van der Waals surface area contributed by atoms with Gasteiger partial charge in [-0.2, -0.15) is 0 Å². The predicted octanol–water partition coefficient (Wildman–Crippen LogP) is -1.56. The Morgan fingerprint density at radius 2 is 1.45 bits per heavy atom. The summed E-state index contributed by atoms with van der Waals surface area (Å²) in [6, 6.07) is -1.33. The monoisotopic (exact) mass is 322 g/mol. The van der Waals surface area contributed by atoms with Gasteiger partial charge in [0.15, 0.2) is 0 Å². The number of carbonyl (C=O) groups excluding carboxylic acids is 1. The molecule has 1 amide bonds. The van der Waals surface area contributed by atoms with Crippen molar-refractivity contribution in [3.05, 3.63) is 0 Å². The van der Waals surface area contributed by atoms with Gasteiger partial charge in [0, 0.05) is 6.54 Å². The van der Waals surface area contributed by atoms with E-state index in [4.69, 9.17) is 20.4 Å². The van der Waals surface area contributed by atoms with E-state index < -0.39 is 49.4 Å². The quantitative estimate of drug-likeness (QED) is 0.319. The highest BCUT2D eigenvalue weighted by Gasteiger charge is 2.26. The third kappa shape index (κ3) is 10.6. The van der Waals surface area contributed by atoms with E-state index in [2.05, 4.69) is 5.32 Å². The van der Waals surface area contributed by atoms with Crippen LogP contribution in [0.25, 0.3) is 0 Å². The maximum atomic E-state index is 11.7. The van der Waals surface area contributed by atoms with E-state index in [1.54, 1.807) is 0 Å². The molecule has 0 aromatic rings. The lowest BCUT2D eigenvalue weighted by atomic mass is 10.2. The fourth-order valence-corrected chi connectivity index (χ4v) is 1.35. The Morgan fingerprint density at radius 3 is 1.77 bits per heavy atom. The number of carboxylic acids is 3. The molecule has 0 spiro atoms. The van der Waals surface area contributed by atoms with Crippen LogP contribution in [0, 0.1) is 0 Å². The van der Waals surface area contributed by atoms with Gasteiger partial charge in [-0.3, -0.25) is 19.2 Å². The second-order valence-corrected chi connectivity index (χ2v) is 3.81. The van der Waals surface area contributed by atoms with Gasteiger partial charge in [-0.25, -0.2) is 0 Å². The first kappa shape index (κ1) is 22.1. The Balaban J connectivity index is 0. The second kappa shape index (κ2) is 12.5. The van der Waals surface area contributed by atoms with Crippen molar-refractivity contribution in [3.63, 3.8) is 0 Å². The molecule has 0 aliphatic rings. The third-order valence-corrected chi connectivity index (χ3v) is 2.18. The van der Waals surface area contributed by atoms with Gasteiger partial charge in [-0.1, -0.05) is 13.8 Å². The molecule has 0 aromatic carbocycles. The molecule has 0 saturated carbocycles. The highest BCUT2D eigenvalue weighted by Crippen LogP contribution is 2.00. The van der Waals surface area contributed by atoms with Crippen molar-refractivity contribution < 1.29 is 39.6 Å². The maximum absolute atomic E-state index is 11.7. The summed E-state index contributed by atoms with van der Waals surface area (Å²) in [5, 5.41) is 36.9. The van der Waals surface area contributed by atoms with Crippen LogP contribution in [0.4, 0.5) is 0 Å². The lowest BCUT2D eigenvalue weighted by Gasteiger charge is -2.21. The van der Waals surface area contributed by atoms with E-state index in [0.29, 0.717) is 4.90 Å². The first-order valence-electron chi connectivity index (χ1n) is 6.56. The van der Waals surface area contributed by atoms with Gasteiger partial charge in [-0.05, 0) is 0 Å². The molecule has 0 saturated heterocycles. The van der Waals surface area contributed by atoms with Crippen LogP contribution in [-0.4, -0.2) is 81.4 Å².